The van der Waals surface area contributed by atoms with Crippen molar-refractivity contribution in [1.29, 1.82) is 0 Å². The fraction of sp³-hybridized carbons (Fsp3) is 0.458. The molecule has 1 aliphatic rings. The molecule has 0 aliphatic carbocycles. The molecule has 0 amide bonds. The van der Waals surface area contributed by atoms with E-state index in [1.54, 1.807) is 6.07 Å². The molecule has 150 valence electrons. The van der Waals surface area contributed by atoms with Crippen molar-refractivity contribution in [1.82, 2.24) is 4.90 Å². The first-order valence-electron chi connectivity index (χ1n) is 10.1. The van der Waals surface area contributed by atoms with Crippen LogP contribution in [0, 0.1) is 11.8 Å². The lowest BCUT2D eigenvalue weighted by atomic mass is 9.68. The molecule has 28 heavy (non-hydrogen) atoms. The molecule has 0 radical (unpaired) electrons. The number of phenols is 1. The quantitative estimate of drug-likeness (QED) is 0.768. The first kappa shape index (κ1) is 20.4. The molecule has 3 atom stereocenters. The van der Waals surface area contributed by atoms with Gasteiger partial charge in [-0.05, 0) is 54.0 Å². The minimum atomic E-state index is -0.162. The van der Waals surface area contributed by atoms with Gasteiger partial charge in [0, 0.05) is 13.1 Å². The van der Waals surface area contributed by atoms with Crippen LogP contribution >= 0.6 is 0 Å². The van der Waals surface area contributed by atoms with Crippen LogP contribution in [0.15, 0.2) is 54.6 Å². The average Bonchev–Trinajstić information content (AvgIpc) is 2.70. The Labute approximate surface area is 168 Å². The largest absolute Gasteiger partial charge is 0.508 e. The summed E-state index contributed by atoms with van der Waals surface area (Å²) in [6.45, 7) is 7.11. The molecule has 3 rings (SSSR count). The van der Waals surface area contributed by atoms with Crippen molar-refractivity contribution in [3.05, 3.63) is 65.7 Å². The standard InChI is InChI=1S/C24H31NO3/c1-18-16-25(13-12-24(18,2)21-10-7-11-22(26)15-21)17-20(23(27)28-3)14-19-8-5-4-6-9-19/h4-11,15,18,20,26H,12-14,16-17H2,1-3H3/t18-,20-,24+/m0/s1. The Morgan fingerprint density at radius 2 is 2.00 bits per heavy atom. The topological polar surface area (TPSA) is 49.8 Å². The Hall–Kier alpha value is -2.33. The second kappa shape index (κ2) is 8.78. The Morgan fingerprint density at radius 1 is 1.25 bits per heavy atom. The number of hydrogen-bond acceptors (Lipinski definition) is 4. The number of rotatable bonds is 6. The average molecular weight is 382 g/mol. The number of aromatic hydroxyl groups is 1. The number of benzene rings is 2. The van der Waals surface area contributed by atoms with Gasteiger partial charge in [0.1, 0.15) is 5.75 Å². The van der Waals surface area contributed by atoms with E-state index in [-0.39, 0.29) is 17.3 Å². The summed E-state index contributed by atoms with van der Waals surface area (Å²) >= 11 is 0. The van der Waals surface area contributed by atoms with E-state index in [1.807, 2.05) is 30.3 Å². The highest BCUT2D eigenvalue weighted by atomic mass is 16.5. The lowest BCUT2D eigenvalue weighted by Gasteiger charge is -2.45. The Morgan fingerprint density at radius 3 is 2.64 bits per heavy atom. The highest BCUT2D eigenvalue weighted by molar-refractivity contribution is 5.73. The molecule has 0 spiro atoms. The van der Waals surface area contributed by atoms with Gasteiger partial charge in [0.05, 0.1) is 13.0 Å². The molecular weight excluding hydrogens is 350 g/mol. The zero-order chi connectivity index (χ0) is 20.1. The van der Waals surface area contributed by atoms with E-state index < -0.39 is 0 Å². The Kier molecular flexibility index (Phi) is 6.40. The first-order chi connectivity index (χ1) is 13.4. The number of ether oxygens (including phenoxy) is 1. The zero-order valence-corrected chi connectivity index (χ0v) is 17.1. The Balaban J connectivity index is 1.68. The predicted octanol–water partition coefficient (Wildman–Crippen LogP) is 4.02. The van der Waals surface area contributed by atoms with Gasteiger partial charge < -0.3 is 14.7 Å². The van der Waals surface area contributed by atoms with E-state index in [1.165, 1.54) is 12.7 Å². The fourth-order valence-corrected chi connectivity index (χ4v) is 4.37. The van der Waals surface area contributed by atoms with Crippen molar-refractivity contribution in [2.75, 3.05) is 26.7 Å². The van der Waals surface area contributed by atoms with Crippen LogP contribution in [0.4, 0.5) is 0 Å². The SMILES string of the molecule is COC(=O)[C@@H](Cc1ccccc1)CN1CC[C@@](C)(c2cccc(O)c2)[C@@H](C)C1. The lowest BCUT2D eigenvalue weighted by Crippen LogP contribution is -2.49. The third-order valence-corrected chi connectivity index (χ3v) is 6.41. The van der Waals surface area contributed by atoms with Crippen LogP contribution in [0.3, 0.4) is 0 Å². The molecule has 0 saturated carbocycles. The molecule has 2 aromatic rings. The number of likely N-dealkylation sites (tertiary alicyclic amines) is 1. The number of carbonyl (C=O) groups excluding carboxylic acids is 1. The van der Waals surface area contributed by atoms with Gasteiger partial charge in [-0.2, -0.15) is 0 Å². The predicted molar refractivity (Wildman–Crippen MR) is 111 cm³/mol. The van der Waals surface area contributed by atoms with Crippen molar-refractivity contribution in [2.45, 2.75) is 32.1 Å². The second-order valence-electron chi connectivity index (χ2n) is 8.29. The van der Waals surface area contributed by atoms with Gasteiger partial charge >= 0.3 is 5.97 Å². The first-order valence-corrected chi connectivity index (χ1v) is 10.1. The molecule has 1 fully saturated rings. The van der Waals surface area contributed by atoms with Crippen molar-refractivity contribution >= 4 is 5.97 Å². The third kappa shape index (κ3) is 4.56. The highest BCUT2D eigenvalue weighted by Crippen LogP contribution is 2.40. The second-order valence-corrected chi connectivity index (χ2v) is 8.29. The third-order valence-electron chi connectivity index (χ3n) is 6.41. The number of methoxy groups -OCH3 is 1. The van der Waals surface area contributed by atoms with Crippen molar-refractivity contribution in [2.24, 2.45) is 11.8 Å². The smallest absolute Gasteiger partial charge is 0.310 e. The maximum Gasteiger partial charge on any atom is 0.310 e. The van der Waals surface area contributed by atoms with Crippen molar-refractivity contribution in [3.8, 4) is 5.75 Å². The van der Waals surface area contributed by atoms with Crippen LogP contribution in [0.25, 0.3) is 0 Å². The molecule has 1 N–H and O–H groups in total. The summed E-state index contributed by atoms with van der Waals surface area (Å²) in [7, 11) is 1.47. The van der Waals surface area contributed by atoms with E-state index in [4.69, 9.17) is 4.74 Å². The summed E-state index contributed by atoms with van der Waals surface area (Å²) in [5.74, 6) is 0.433. The van der Waals surface area contributed by atoms with Gasteiger partial charge in [-0.1, -0.05) is 56.3 Å². The van der Waals surface area contributed by atoms with Gasteiger partial charge in [0.25, 0.3) is 0 Å². The molecule has 4 heteroatoms. The van der Waals surface area contributed by atoms with Gasteiger partial charge in [0.15, 0.2) is 0 Å². The summed E-state index contributed by atoms with van der Waals surface area (Å²) < 4.78 is 5.08. The van der Waals surface area contributed by atoms with E-state index in [0.29, 0.717) is 24.6 Å². The maximum absolute atomic E-state index is 12.4. The van der Waals surface area contributed by atoms with Crippen LogP contribution in [0.1, 0.15) is 31.4 Å². The summed E-state index contributed by atoms with van der Waals surface area (Å²) in [5.41, 5.74) is 2.37. The highest BCUT2D eigenvalue weighted by Gasteiger charge is 2.39. The molecule has 1 saturated heterocycles. The lowest BCUT2D eigenvalue weighted by molar-refractivity contribution is -0.146. The van der Waals surface area contributed by atoms with Gasteiger partial charge in [-0.25, -0.2) is 0 Å². The van der Waals surface area contributed by atoms with Crippen LogP contribution in [-0.4, -0.2) is 42.7 Å². The normalized spacial score (nSPS) is 23.9. The molecule has 2 aromatic carbocycles. The van der Waals surface area contributed by atoms with E-state index >= 15 is 0 Å². The van der Waals surface area contributed by atoms with Gasteiger partial charge in [-0.15, -0.1) is 0 Å². The number of esters is 1. The van der Waals surface area contributed by atoms with Crippen LogP contribution in [-0.2, 0) is 21.4 Å². The summed E-state index contributed by atoms with van der Waals surface area (Å²) in [6.07, 6.45) is 1.69. The molecule has 0 unspecified atom stereocenters. The molecule has 1 heterocycles. The summed E-state index contributed by atoms with van der Waals surface area (Å²) in [6, 6.07) is 17.8. The van der Waals surface area contributed by atoms with E-state index in [0.717, 1.165) is 25.1 Å². The van der Waals surface area contributed by atoms with Crippen LogP contribution in [0.5, 0.6) is 5.75 Å². The molecule has 0 bridgehead atoms. The number of nitrogens with zero attached hydrogens (tertiary/aromatic N) is 1. The zero-order valence-electron chi connectivity index (χ0n) is 17.1. The molecule has 1 aliphatic heterocycles. The Bertz CT molecular complexity index is 791. The fourth-order valence-electron chi connectivity index (χ4n) is 4.37. The van der Waals surface area contributed by atoms with Gasteiger partial charge in [0.2, 0.25) is 0 Å². The minimum absolute atomic E-state index is 0.0232. The van der Waals surface area contributed by atoms with Crippen molar-refractivity contribution < 1.29 is 14.6 Å². The summed E-state index contributed by atoms with van der Waals surface area (Å²) in [4.78, 5) is 14.8. The number of piperidine rings is 1. The van der Waals surface area contributed by atoms with Crippen LogP contribution < -0.4 is 0 Å². The molecule has 0 aromatic heterocycles. The maximum atomic E-state index is 12.4. The van der Waals surface area contributed by atoms with Crippen molar-refractivity contribution in [3.63, 3.8) is 0 Å². The molecular formula is C24H31NO3. The molecule has 4 nitrogen and oxygen atoms in total. The summed E-state index contributed by atoms with van der Waals surface area (Å²) in [5, 5.41) is 9.88. The monoisotopic (exact) mass is 381 g/mol. The number of hydrogen-bond donors (Lipinski definition) is 1. The number of carbonyl (C=O) groups is 1. The minimum Gasteiger partial charge on any atom is -0.508 e. The van der Waals surface area contributed by atoms with E-state index in [9.17, 15) is 9.90 Å². The van der Waals surface area contributed by atoms with Gasteiger partial charge in [-0.3, -0.25) is 4.79 Å². The van der Waals surface area contributed by atoms with E-state index in [2.05, 4.69) is 36.9 Å². The van der Waals surface area contributed by atoms with Crippen LogP contribution in [0.2, 0.25) is 0 Å². The number of phenolic OH excluding ortho intramolecular Hbond substituents is 1.